The summed E-state index contributed by atoms with van der Waals surface area (Å²) < 4.78 is 37.3. The zero-order chi connectivity index (χ0) is 16.3. The first-order chi connectivity index (χ1) is 10.3. The Morgan fingerprint density at radius 3 is 2.77 bits per heavy atom. The summed E-state index contributed by atoms with van der Waals surface area (Å²) >= 11 is 5.65. The summed E-state index contributed by atoms with van der Waals surface area (Å²) in [5.41, 5.74) is 0.313. The van der Waals surface area contributed by atoms with Gasteiger partial charge in [0.15, 0.2) is 0 Å². The highest BCUT2D eigenvalue weighted by atomic mass is 35.5. The van der Waals surface area contributed by atoms with E-state index in [0.717, 1.165) is 6.26 Å². The highest BCUT2D eigenvalue weighted by molar-refractivity contribution is 7.88. The van der Waals surface area contributed by atoms with Gasteiger partial charge in [0.1, 0.15) is 5.82 Å². The van der Waals surface area contributed by atoms with Crippen LogP contribution >= 0.6 is 11.6 Å². The molecule has 0 unspecified atom stereocenters. The predicted octanol–water partition coefficient (Wildman–Crippen LogP) is 0.329. The molecule has 2 N–H and O–H groups in total. The van der Waals surface area contributed by atoms with Gasteiger partial charge in [0.25, 0.3) is 0 Å². The maximum absolute atomic E-state index is 13.6. The van der Waals surface area contributed by atoms with Crippen molar-refractivity contribution in [3.8, 4) is 0 Å². The molecule has 9 heteroatoms. The monoisotopic (exact) mass is 349 g/mol. The van der Waals surface area contributed by atoms with E-state index in [1.807, 2.05) is 0 Å². The number of amides is 1. The first-order valence-corrected chi connectivity index (χ1v) is 8.88. The van der Waals surface area contributed by atoms with Gasteiger partial charge in [-0.3, -0.25) is 4.79 Å². The van der Waals surface area contributed by atoms with Gasteiger partial charge in [-0.15, -0.1) is 0 Å². The molecular weight excluding hydrogens is 333 g/mol. The summed E-state index contributed by atoms with van der Waals surface area (Å²) in [5, 5.41) is 5.54. The molecule has 0 radical (unpaired) electrons. The molecule has 0 saturated carbocycles. The number of carbonyl (C=O) groups excluding carboxylic acids is 1. The van der Waals surface area contributed by atoms with Crippen molar-refractivity contribution in [2.75, 3.05) is 25.9 Å². The molecule has 6 nitrogen and oxygen atoms in total. The lowest BCUT2D eigenvalue weighted by Gasteiger charge is -2.37. The van der Waals surface area contributed by atoms with Crippen LogP contribution in [0.4, 0.5) is 4.39 Å². The van der Waals surface area contributed by atoms with Crippen molar-refractivity contribution >= 4 is 27.5 Å². The van der Waals surface area contributed by atoms with Crippen LogP contribution in [-0.4, -0.2) is 50.6 Å². The Bertz CT molecular complexity index is 662. The quantitative estimate of drug-likeness (QED) is 0.775. The fourth-order valence-corrected chi connectivity index (χ4v) is 3.11. The fourth-order valence-electron chi connectivity index (χ4n) is 2.02. The summed E-state index contributed by atoms with van der Waals surface area (Å²) in [7, 11) is -3.15. The van der Waals surface area contributed by atoms with Crippen LogP contribution in [0.2, 0.25) is 5.02 Å². The van der Waals surface area contributed by atoms with Gasteiger partial charge in [0.2, 0.25) is 15.9 Å². The molecule has 1 aromatic carbocycles. The molecule has 0 spiro atoms. The average molecular weight is 350 g/mol. The normalized spacial score (nSPS) is 16.3. The highest BCUT2D eigenvalue weighted by Gasteiger charge is 2.32. The fraction of sp³-hybridized carbons (Fsp3) is 0.462. The van der Waals surface area contributed by atoms with E-state index in [0.29, 0.717) is 18.7 Å². The molecule has 22 heavy (non-hydrogen) atoms. The molecule has 122 valence electrons. The molecule has 1 amide bonds. The van der Waals surface area contributed by atoms with Gasteiger partial charge in [0, 0.05) is 31.2 Å². The minimum absolute atomic E-state index is 0.0141. The molecular formula is C13H17ClFN3O3S. The molecule has 1 heterocycles. The summed E-state index contributed by atoms with van der Waals surface area (Å²) in [6.45, 7) is 0.807. The minimum Gasteiger partial charge on any atom is -0.351 e. The third-order valence-corrected chi connectivity index (χ3v) is 4.90. The molecule has 0 aromatic heterocycles. The topological polar surface area (TPSA) is 78.5 Å². The second-order valence-corrected chi connectivity index (χ2v) is 7.54. The van der Waals surface area contributed by atoms with Gasteiger partial charge in [-0.1, -0.05) is 23.7 Å². The van der Waals surface area contributed by atoms with E-state index >= 15 is 0 Å². The van der Waals surface area contributed by atoms with Crippen LogP contribution in [0, 0.1) is 5.82 Å². The van der Waals surface area contributed by atoms with Gasteiger partial charge in [0.05, 0.1) is 17.8 Å². The van der Waals surface area contributed by atoms with Crippen molar-refractivity contribution in [2.24, 2.45) is 0 Å². The van der Waals surface area contributed by atoms with Crippen LogP contribution in [0.25, 0.3) is 0 Å². The lowest BCUT2D eigenvalue weighted by molar-refractivity contribution is -0.120. The maximum Gasteiger partial charge on any atom is 0.234 e. The second kappa shape index (κ2) is 6.91. The van der Waals surface area contributed by atoms with Crippen molar-refractivity contribution in [2.45, 2.75) is 12.6 Å². The molecule has 0 bridgehead atoms. The standard InChI is InChI=1S/C13H17ClFN3O3S/c1-22(20,21)18-7-10(8-18)16-6-12(19)17-5-9-3-2-4-11(14)13(9)15/h2-4,10,16H,5-8H2,1H3,(H,17,19). The molecule has 2 rings (SSSR count). The number of carbonyl (C=O) groups is 1. The van der Waals surface area contributed by atoms with E-state index in [4.69, 9.17) is 11.6 Å². The Morgan fingerprint density at radius 2 is 2.14 bits per heavy atom. The number of hydrogen-bond acceptors (Lipinski definition) is 4. The molecule has 1 aliphatic heterocycles. The highest BCUT2D eigenvalue weighted by Crippen LogP contribution is 2.17. The van der Waals surface area contributed by atoms with E-state index in [2.05, 4.69) is 10.6 Å². The Kier molecular flexibility index (Phi) is 5.38. The van der Waals surface area contributed by atoms with Crippen molar-refractivity contribution < 1.29 is 17.6 Å². The minimum atomic E-state index is -3.15. The molecule has 0 aliphatic carbocycles. The van der Waals surface area contributed by atoms with Crippen molar-refractivity contribution in [3.05, 3.63) is 34.6 Å². The van der Waals surface area contributed by atoms with Crippen LogP contribution in [0.3, 0.4) is 0 Å². The van der Waals surface area contributed by atoms with Crippen LogP contribution in [0.15, 0.2) is 18.2 Å². The molecule has 0 atom stereocenters. The Labute approximate surface area is 133 Å². The van der Waals surface area contributed by atoms with E-state index < -0.39 is 15.8 Å². The van der Waals surface area contributed by atoms with Crippen molar-refractivity contribution in [1.29, 1.82) is 0 Å². The largest absolute Gasteiger partial charge is 0.351 e. The zero-order valence-electron chi connectivity index (χ0n) is 12.0. The van der Waals surface area contributed by atoms with Crippen LogP contribution in [-0.2, 0) is 21.4 Å². The van der Waals surface area contributed by atoms with E-state index in [-0.39, 0.29) is 30.1 Å². The Morgan fingerprint density at radius 1 is 1.45 bits per heavy atom. The number of benzene rings is 1. The molecule has 1 aliphatic rings. The number of nitrogens with one attached hydrogen (secondary N) is 2. The third kappa shape index (κ3) is 4.39. The van der Waals surface area contributed by atoms with Gasteiger partial charge in [-0.05, 0) is 6.07 Å². The van der Waals surface area contributed by atoms with Crippen LogP contribution in [0.1, 0.15) is 5.56 Å². The number of nitrogens with zero attached hydrogens (tertiary/aromatic N) is 1. The summed E-state index contributed by atoms with van der Waals surface area (Å²) in [5.74, 6) is -0.836. The lowest BCUT2D eigenvalue weighted by atomic mass is 10.2. The maximum atomic E-state index is 13.6. The summed E-state index contributed by atoms with van der Waals surface area (Å²) in [6.07, 6.45) is 1.15. The van der Waals surface area contributed by atoms with E-state index in [9.17, 15) is 17.6 Å². The van der Waals surface area contributed by atoms with E-state index in [1.165, 1.54) is 10.4 Å². The Hall–Kier alpha value is -1.22. The summed E-state index contributed by atoms with van der Waals surface area (Å²) in [4.78, 5) is 11.7. The average Bonchev–Trinajstić information content (AvgIpc) is 2.37. The van der Waals surface area contributed by atoms with Gasteiger partial charge in [-0.25, -0.2) is 12.8 Å². The number of sulfonamides is 1. The van der Waals surface area contributed by atoms with Gasteiger partial charge < -0.3 is 10.6 Å². The summed E-state index contributed by atoms with van der Waals surface area (Å²) in [6, 6.07) is 4.56. The SMILES string of the molecule is CS(=O)(=O)N1CC(NCC(=O)NCc2cccc(Cl)c2F)C1. The molecule has 1 saturated heterocycles. The van der Waals surface area contributed by atoms with Crippen molar-refractivity contribution in [1.82, 2.24) is 14.9 Å². The van der Waals surface area contributed by atoms with Crippen LogP contribution in [0.5, 0.6) is 0 Å². The molecule has 1 aromatic rings. The smallest absolute Gasteiger partial charge is 0.234 e. The van der Waals surface area contributed by atoms with Crippen molar-refractivity contribution in [3.63, 3.8) is 0 Å². The number of hydrogen-bond donors (Lipinski definition) is 2. The molecule has 1 fully saturated rings. The third-order valence-electron chi connectivity index (χ3n) is 3.38. The first-order valence-electron chi connectivity index (χ1n) is 6.65. The van der Waals surface area contributed by atoms with E-state index in [1.54, 1.807) is 12.1 Å². The lowest BCUT2D eigenvalue weighted by Crippen LogP contribution is -2.60. The van der Waals surface area contributed by atoms with Crippen LogP contribution < -0.4 is 10.6 Å². The number of halogens is 2. The first kappa shape index (κ1) is 17.1. The predicted molar refractivity (Wildman–Crippen MR) is 81.5 cm³/mol. The number of rotatable bonds is 6. The second-order valence-electron chi connectivity index (χ2n) is 5.15. The van der Waals surface area contributed by atoms with Gasteiger partial charge in [-0.2, -0.15) is 4.31 Å². The zero-order valence-corrected chi connectivity index (χ0v) is 13.5. The Balaban J connectivity index is 1.70. The van der Waals surface area contributed by atoms with Gasteiger partial charge >= 0.3 is 0 Å².